The SMILES string of the molecule is Cn1cc(CC(=O)NCC2(C)CCCc3ccccc32)cn1. The predicted molar refractivity (Wildman–Crippen MR) is 86.7 cm³/mol. The average molecular weight is 297 g/mol. The zero-order chi connectivity index (χ0) is 15.6. The number of fused-ring (bicyclic) bond motifs is 1. The molecule has 3 rings (SSSR count). The van der Waals surface area contributed by atoms with Crippen molar-refractivity contribution < 1.29 is 4.79 Å². The van der Waals surface area contributed by atoms with Crippen molar-refractivity contribution >= 4 is 5.91 Å². The molecule has 4 nitrogen and oxygen atoms in total. The number of nitrogens with one attached hydrogen (secondary N) is 1. The Hall–Kier alpha value is -2.10. The van der Waals surface area contributed by atoms with E-state index >= 15 is 0 Å². The van der Waals surface area contributed by atoms with E-state index in [1.807, 2.05) is 13.2 Å². The van der Waals surface area contributed by atoms with Crippen molar-refractivity contribution in [3.63, 3.8) is 0 Å². The van der Waals surface area contributed by atoms with Crippen LogP contribution in [-0.4, -0.2) is 22.2 Å². The van der Waals surface area contributed by atoms with Crippen LogP contribution in [0.5, 0.6) is 0 Å². The lowest BCUT2D eigenvalue weighted by molar-refractivity contribution is -0.120. The second kappa shape index (κ2) is 5.95. The summed E-state index contributed by atoms with van der Waals surface area (Å²) in [6.45, 7) is 2.96. The molecular formula is C18H23N3O. The highest BCUT2D eigenvalue weighted by Crippen LogP contribution is 2.36. The Morgan fingerprint density at radius 2 is 2.23 bits per heavy atom. The van der Waals surface area contributed by atoms with Gasteiger partial charge in [0.2, 0.25) is 5.91 Å². The summed E-state index contributed by atoms with van der Waals surface area (Å²) in [5.74, 6) is 0.0669. The third-order valence-electron chi connectivity index (χ3n) is 4.64. The van der Waals surface area contributed by atoms with Gasteiger partial charge in [0.1, 0.15) is 0 Å². The van der Waals surface area contributed by atoms with Crippen LogP contribution in [0.15, 0.2) is 36.7 Å². The molecular weight excluding hydrogens is 274 g/mol. The van der Waals surface area contributed by atoms with E-state index in [9.17, 15) is 4.79 Å². The number of aryl methyl sites for hydroxylation is 2. The summed E-state index contributed by atoms with van der Waals surface area (Å²) in [5.41, 5.74) is 3.81. The Morgan fingerprint density at radius 1 is 1.41 bits per heavy atom. The fraction of sp³-hybridized carbons (Fsp3) is 0.444. The number of rotatable bonds is 4. The Labute approximate surface area is 131 Å². The summed E-state index contributed by atoms with van der Waals surface area (Å²) in [5, 5.41) is 7.22. The molecule has 1 unspecified atom stereocenters. The molecule has 2 aromatic rings. The van der Waals surface area contributed by atoms with E-state index in [0.717, 1.165) is 18.4 Å². The molecule has 0 aliphatic heterocycles. The van der Waals surface area contributed by atoms with Crippen molar-refractivity contribution in [1.29, 1.82) is 0 Å². The van der Waals surface area contributed by atoms with E-state index in [1.165, 1.54) is 17.5 Å². The van der Waals surface area contributed by atoms with Gasteiger partial charge >= 0.3 is 0 Å². The Balaban J connectivity index is 1.65. The normalized spacial score (nSPS) is 20.5. The number of carbonyl (C=O) groups excluding carboxylic acids is 1. The van der Waals surface area contributed by atoms with Gasteiger partial charge in [-0.2, -0.15) is 5.10 Å². The van der Waals surface area contributed by atoms with Gasteiger partial charge < -0.3 is 5.32 Å². The van der Waals surface area contributed by atoms with Crippen LogP contribution in [0.4, 0.5) is 0 Å². The number of amides is 1. The van der Waals surface area contributed by atoms with Gasteiger partial charge in [-0.25, -0.2) is 0 Å². The zero-order valence-corrected chi connectivity index (χ0v) is 13.3. The molecule has 1 aliphatic carbocycles. The monoisotopic (exact) mass is 297 g/mol. The van der Waals surface area contributed by atoms with E-state index in [2.05, 4.69) is 41.6 Å². The van der Waals surface area contributed by atoms with Crippen LogP contribution < -0.4 is 5.32 Å². The molecule has 0 bridgehead atoms. The molecule has 116 valence electrons. The smallest absolute Gasteiger partial charge is 0.224 e. The van der Waals surface area contributed by atoms with Gasteiger partial charge in [0, 0.05) is 25.2 Å². The molecule has 0 fully saturated rings. The largest absolute Gasteiger partial charge is 0.355 e. The third kappa shape index (κ3) is 3.06. The zero-order valence-electron chi connectivity index (χ0n) is 13.3. The van der Waals surface area contributed by atoms with Crippen LogP contribution in [0.2, 0.25) is 0 Å². The van der Waals surface area contributed by atoms with E-state index in [-0.39, 0.29) is 11.3 Å². The number of nitrogens with zero attached hydrogens (tertiary/aromatic N) is 2. The van der Waals surface area contributed by atoms with Gasteiger partial charge in [0.15, 0.2) is 0 Å². The van der Waals surface area contributed by atoms with Gasteiger partial charge in [0.25, 0.3) is 0 Å². The van der Waals surface area contributed by atoms with E-state index < -0.39 is 0 Å². The van der Waals surface area contributed by atoms with Gasteiger partial charge in [-0.15, -0.1) is 0 Å². The lowest BCUT2D eigenvalue weighted by atomic mass is 9.71. The van der Waals surface area contributed by atoms with Crippen molar-refractivity contribution in [2.75, 3.05) is 6.54 Å². The lowest BCUT2D eigenvalue weighted by Gasteiger charge is -2.36. The summed E-state index contributed by atoms with van der Waals surface area (Å²) in [7, 11) is 1.86. The minimum atomic E-state index is 0.0411. The van der Waals surface area contributed by atoms with Crippen LogP contribution >= 0.6 is 0 Å². The molecule has 1 amide bonds. The number of aromatic nitrogens is 2. The molecule has 0 spiro atoms. The Bertz CT molecular complexity index is 676. The lowest BCUT2D eigenvalue weighted by Crippen LogP contribution is -2.41. The van der Waals surface area contributed by atoms with Gasteiger partial charge in [-0.1, -0.05) is 31.2 Å². The Kier molecular flexibility index (Phi) is 4.01. The van der Waals surface area contributed by atoms with Crippen molar-refractivity contribution in [1.82, 2.24) is 15.1 Å². The maximum atomic E-state index is 12.2. The topological polar surface area (TPSA) is 46.9 Å². The molecule has 4 heteroatoms. The summed E-state index contributed by atoms with van der Waals surface area (Å²) in [6, 6.07) is 8.62. The average Bonchev–Trinajstić information content (AvgIpc) is 2.91. The van der Waals surface area contributed by atoms with Crippen LogP contribution in [0.3, 0.4) is 0 Å². The Morgan fingerprint density at radius 3 is 3.00 bits per heavy atom. The highest BCUT2D eigenvalue weighted by atomic mass is 16.1. The van der Waals surface area contributed by atoms with Crippen LogP contribution in [-0.2, 0) is 30.1 Å². The standard InChI is InChI=1S/C18H23N3O/c1-18(9-5-7-15-6-3-4-8-16(15)18)13-19-17(22)10-14-11-20-21(2)12-14/h3-4,6,8,11-12H,5,7,9-10,13H2,1-2H3,(H,19,22). The first-order valence-corrected chi connectivity index (χ1v) is 7.89. The fourth-order valence-corrected chi connectivity index (χ4v) is 3.42. The van der Waals surface area contributed by atoms with Gasteiger partial charge in [-0.05, 0) is 36.0 Å². The molecule has 0 saturated heterocycles. The molecule has 1 aromatic carbocycles. The molecule has 1 aliphatic rings. The van der Waals surface area contributed by atoms with Crippen molar-refractivity contribution in [3.05, 3.63) is 53.3 Å². The number of hydrogen-bond acceptors (Lipinski definition) is 2. The molecule has 22 heavy (non-hydrogen) atoms. The van der Waals surface area contributed by atoms with E-state index in [1.54, 1.807) is 10.9 Å². The van der Waals surface area contributed by atoms with Crippen LogP contribution in [0, 0.1) is 0 Å². The first kappa shape index (κ1) is 14.8. The molecule has 1 heterocycles. The van der Waals surface area contributed by atoms with Crippen molar-refractivity contribution in [3.8, 4) is 0 Å². The molecule has 1 N–H and O–H groups in total. The fourth-order valence-electron chi connectivity index (χ4n) is 3.42. The maximum absolute atomic E-state index is 12.2. The van der Waals surface area contributed by atoms with Crippen molar-refractivity contribution in [2.45, 2.75) is 38.0 Å². The highest BCUT2D eigenvalue weighted by Gasteiger charge is 2.31. The summed E-state index contributed by atoms with van der Waals surface area (Å²) in [4.78, 5) is 12.2. The highest BCUT2D eigenvalue weighted by molar-refractivity contribution is 5.78. The first-order chi connectivity index (χ1) is 10.6. The first-order valence-electron chi connectivity index (χ1n) is 7.89. The minimum absolute atomic E-state index is 0.0411. The summed E-state index contributed by atoms with van der Waals surface area (Å²) >= 11 is 0. The number of carbonyl (C=O) groups is 1. The molecule has 1 atom stereocenters. The third-order valence-corrected chi connectivity index (χ3v) is 4.64. The molecule has 0 saturated carbocycles. The van der Waals surface area contributed by atoms with E-state index in [4.69, 9.17) is 0 Å². The number of benzene rings is 1. The predicted octanol–water partition coefficient (Wildman–Crippen LogP) is 2.37. The van der Waals surface area contributed by atoms with Gasteiger partial charge in [0.05, 0.1) is 12.6 Å². The molecule has 1 aromatic heterocycles. The van der Waals surface area contributed by atoms with Crippen LogP contribution in [0.25, 0.3) is 0 Å². The molecule has 0 radical (unpaired) electrons. The number of hydrogen-bond donors (Lipinski definition) is 1. The van der Waals surface area contributed by atoms with Crippen LogP contribution in [0.1, 0.15) is 36.5 Å². The summed E-state index contributed by atoms with van der Waals surface area (Å²) < 4.78 is 1.72. The second-order valence-electron chi connectivity index (χ2n) is 6.55. The minimum Gasteiger partial charge on any atom is -0.355 e. The summed E-state index contributed by atoms with van der Waals surface area (Å²) in [6.07, 6.45) is 7.48. The van der Waals surface area contributed by atoms with E-state index in [0.29, 0.717) is 13.0 Å². The second-order valence-corrected chi connectivity index (χ2v) is 6.55. The van der Waals surface area contributed by atoms with Crippen molar-refractivity contribution in [2.24, 2.45) is 7.05 Å². The maximum Gasteiger partial charge on any atom is 0.224 e. The van der Waals surface area contributed by atoms with Gasteiger partial charge in [-0.3, -0.25) is 9.48 Å². The quantitative estimate of drug-likeness (QED) is 0.942.